The van der Waals surface area contributed by atoms with Crippen LogP contribution < -0.4 is 10.2 Å². The lowest BCUT2D eigenvalue weighted by atomic mass is 9.70. The minimum Gasteiger partial charge on any atom is -0.371 e. The summed E-state index contributed by atoms with van der Waals surface area (Å²) in [5.74, 6) is -1.11. The van der Waals surface area contributed by atoms with Gasteiger partial charge in [-0.1, -0.05) is 39.0 Å². The van der Waals surface area contributed by atoms with Gasteiger partial charge < -0.3 is 9.88 Å². The number of piperazine rings is 1. The molecule has 4 amide bonds. The van der Waals surface area contributed by atoms with Crippen molar-refractivity contribution in [3.63, 3.8) is 0 Å². The molecule has 1 aliphatic carbocycles. The van der Waals surface area contributed by atoms with Crippen molar-refractivity contribution >= 4 is 63.5 Å². The maximum Gasteiger partial charge on any atom is 0.263 e. The van der Waals surface area contributed by atoms with Crippen molar-refractivity contribution in [3.05, 3.63) is 99.0 Å². The minimum absolute atomic E-state index is 0.0531. The number of nitrogens with one attached hydrogen (secondary N) is 2. The second-order valence-corrected chi connectivity index (χ2v) is 17.8. The van der Waals surface area contributed by atoms with Gasteiger partial charge in [0, 0.05) is 102 Å². The first-order valence-electron chi connectivity index (χ1n) is 20.4. The zero-order chi connectivity index (χ0) is 40.5. The molecule has 0 radical (unpaired) electrons. The molecule has 2 N–H and O–H groups in total. The van der Waals surface area contributed by atoms with Crippen LogP contribution in [0.3, 0.4) is 0 Å². The van der Waals surface area contributed by atoms with Crippen molar-refractivity contribution in [1.29, 1.82) is 0 Å². The Bertz CT molecular complexity index is 2450. The van der Waals surface area contributed by atoms with Crippen molar-refractivity contribution in [2.45, 2.75) is 75.3 Å². The quantitative estimate of drug-likeness (QED) is 0.127. The van der Waals surface area contributed by atoms with Gasteiger partial charge in [0.1, 0.15) is 6.04 Å². The van der Waals surface area contributed by atoms with Crippen LogP contribution in [0.5, 0.6) is 0 Å². The summed E-state index contributed by atoms with van der Waals surface area (Å²) >= 11 is 1.57. The van der Waals surface area contributed by atoms with Gasteiger partial charge >= 0.3 is 0 Å². The Hall–Kier alpha value is -5.29. The molecule has 0 saturated carbocycles. The van der Waals surface area contributed by atoms with E-state index in [0.717, 1.165) is 114 Å². The van der Waals surface area contributed by atoms with Gasteiger partial charge in [0.05, 0.1) is 23.3 Å². The average molecular weight is 798 g/mol. The van der Waals surface area contributed by atoms with Gasteiger partial charge in [-0.2, -0.15) is 0 Å². The number of benzene rings is 3. The third-order valence-electron chi connectivity index (χ3n) is 13.1. The number of hydrogen-bond donors (Lipinski definition) is 2. The largest absolute Gasteiger partial charge is 0.371 e. The monoisotopic (exact) mass is 797 g/mol. The maximum absolute atomic E-state index is 14.1. The lowest BCUT2D eigenvalue weighted by Crippen LogP contribution is -2.54. The summed E-state index contributed by atoms with van der Waals surface area (Å²) in [4.78, 5) is 81.6. The van der Waals surface area contributed by atoms with Crippen LogP contribution in [0.1, 0.15) is 99.9 Å². The number of aryl methyl sites for hydroxylation is 1. The van der Waals surface area contributed by atoms with E-state index in [0.29, 0.717) is 22.9 Å². The van der Waals surface area contributed by atoms with E-state index in [1.807, 2.05) is 18.2 Å². The predicted molar refractivity (Wildman–Crippen MR) is 223 cm³/mol. The fourth-order valence-electron chi connectivity index (χ4n) is 9.86. The van der Waals surface area contributed by atoms with Crippen molar-refractivity contribution in [1.82, 2.24) is 25.0 Å². The van der Waals surface area contributed by atoms with Crippen LogP contribution in [0, 0.1) is 6.57 Å². The van der Waals surface area contributed by atoms with E-state index in [1.165, 1.54) is 11.3 Å². The number of nitrogens with zero attached hydrogens (tertiary/aromatic N) is 5. The Morgan fingerprint density at radius 1 is 0.879 bits per heavy atom. The summed E-state index contributed by atoms with van der Waals surface area (Å²) in [7, 11) is 0. The Labute approximate surface area is 342 Å². The number of carbonyl (C=O) groups excluding carboxylic acids is 5. The summed E-state index contributed by atoms with van der Waals surface area (Å²) in [5.41, 5.74) is 7.57. The Balaban J connectivity index is 0.803. The number of carbonyl (C=O) groups is 5. The Morgan fingerprint density at radius 3 is 2.38 bits per heavy atom. The highest BCUT2D eigenvalue weighted by molar-refractivity contribution is 7.99. The summed E-state index contributed by atoms with van der Waals surface area (Å²) in [6.07, 6.45) is 3.23. The van der Waals surface area contributed by atoms with Crippen LogP contribution in [0.2, 0.25) is 0 Å². The van der Waals surface area contributed by atoms with Gasteiger partial charge in [0.15, 0.2) is 11.5 Å². The number of aromatic amines is 1. The smallest absolute Gasteiger partial charge is 0.263 e. The van der Waals surface area contributed by atoms with Gasteiger partial charge in [0.2, 0.25) is 11.8 Å². The number of hydrogen-bond acceptors (Lipinski definition) is 9. The lowest BCUT2D eigenvalue weighted by molar-refractivity contribution is -0.136. The van der Waals surface area contributed by atoms with Crippen LogP contribution in [0.4, 0.5) is 11.4 Å². The van der Waals surface area contributed by atoms with Crippen LogP contribution in [-0.4, -0.2) is 113 Å². The molecule has 298 valence electrons. The molecule has 12 nitrogen and oxygen atoms in total. The van der Waals surface area contributed by atoms with Crippen LogP contribution in [0.15, 0.2) is 53.4 Å². The molecular formula is C45H47N7O5S. The topological polar surface area (TPSA) is 130 Å². The van der Waals surface area contributed by atoms with Crippen LogP contribution in [0.25, 0.3) is 15.7 Å². The molecule has 4 aliphatic heterocycles. The average Bonchev–Trinajstić information content (AvgIpc) is 3.75. The Kier molecular flexibility index (Phi) is 9.77. The number of H-pyrrole nitrogens is 1. The zero-order valence-electron chi connectivity index (χ0n) is 33.2. The van der Waals surface area contributed by atoms with Crippen molar-refractivity contribution in [2.24, 2.45) is 0 Å². The van der Waals surface area contributed by atoms with E-state index >= 15 is 0 Å². The molecule has 58 heavy (non-hydrogen) atoms. The molecule has 0 spiro atoms. The van der Waals surface area contributed by atoms with Crippen LogP contribution in [-0.2, 0) is 21.4 Å². The lowest BCUT2D eigenvalue weighted by Gasteiger charge is -2.44. The van der Waals surface area contributed by atoms with Gasteiger partial charge in [-0.05, 0) is 67.1 Å². The molecule has 5 heterocycles. The number of thioether (sulfide) groups is 1. The number of aromatic nitrogens is 1. The van der Waals surface area contributed by atoms with E-state index in [2.05, 4.69) is 62.7 Å². The second kappa shape index (κ2) is 14.8. The molecule has 1 atom stereocenters. The molecule has 1 aromatic heterocycles. The predicted octanol–water partition coefficient (Wildman–Crippen LogP) is 5.93. The number of amides is 4. The van der Waals surface area contributed by atoms with E-state index in [-0.39, 0.29) is 24.5 Å². The van der Waals surface area contributed by atoms with E-state index in [4.69, 9.17) is 6.57 Å². The van der Waals surface area contributed by atoms with Crippen LogP contribution >= 0.6 is 11.8 Å². The molecule has 13 heteroatoms. The van der Waals surface area contributed by atoms with Crippen molar-refractivity contribution in [2.75, 3.05) is 56.5 Å². The fourth-order valence-corrected chi connectivity index (χ4v) is 10.9. The van der Waals surface area contributed by atoms with Gasteiger partial charge in [-0.3, -0.25) is 44.0 Å². The summed E-state index contributed by atoms with van der Waals surface area (Å²) in [6, 6.07) is 14.8. The molecule has 0 bridgehead atoms. The second-order valence-electron chi connectivity index (χ2n) is 16.6. The van der Waals surface area contributed by atoms with Gasteiger partial charge in [-0.15, -0.1) is 11.8 Å². The van der Waals surface area contributed by atoms with Gasteiger partial charge in [-0.25, -0.2) is 4.85 Å². The minimum atomic E-state index is -0.971. The fraction of sp³-hybridized carbons (Fsp3) is 0.422. The summed E-state index contributed by atoms with van der Waals surface area (Å²) < 4.78 is 0. The first-order valence-corrected chi connectivity index (χ1v) is 21.4. The molecule has 4 aromatic rings. The molecule has 5 aliphatic rings. The zero-order valence-corrected chi connectivity index (χ0v) is 34.0. The third-order valence-corrected chi connectivity index (χ3v) is 14.1. The van der Waals surface area contributed by atoms with Gasteiger partial charge in [0.25, 0.3) is 11.8 Å². The van der Waals surface area contributed by atoms with Crippen molar-refractivity contribution in [3.8, 4) is 0 Å². The molecular weight excluding hydrogens is 751 g/mol. The normalized spacial score (nSPS) is 21.3. The molecule has 3 aromatic carbocycles. The molecule has 3 saturated heterocycles. The molecule has 3 fully saturated rings. The maximum atomic E-state index is 14.1. The van der Waals surface area contributed by atoms with E-state index in [1.54, 1.807) is 30.0 Å². The van der Waals surface area contributed by atoms with Crippen molar-refractivity contribution < 1.29 is 24.0 Å². The summed E-state index contributed by atoms with van der Waals surface area (Å²) in [5, 5.41) is 3.14. The number of imide groups is 2. The number of rotatable bonds is 8. The standard InChI is InChI=1S/C45H47N7O5S/c1-5-26-23-31-32(45(2,3)41-39(40(31)54)29-10-9-27(46-4)24-33(29)47-41)25-35(26)51-15-13-28(14-16-51)50-19-17-49(18-20-50)21-22-58-36-8-6-7-30-38(36)44(57)52(43(30)56)34-11-12-37(53)48-42(34)55/h6-10,23-25,28,34,47H,5,11-22H2,1-3H3,(H,48,53,55). The number of piperidine rings is 2. The van der Waals surface area contributed by atoms with E-state index < -0.39 is 29.2 Å². The first kappa shape index (κ1) is 38.2. The van der Waals surface area contributed by atoms with E-state index in [9.17, 15) is 24.0 Å². The highest BCUT2D eigenvalue weighted by atomic mass is 32.2. The molecule has 9 rings (SSSR count). The summed E-state index contributed by atoms with van der Waals surface area (Å²) in [6.45, 7) is 20.7. The third kappa shape index (κ3) is 6.33. The Morgan fingerprint density at radius 2 is 1.66 bits per heavy atom. The number of ketones is 1. The number of anilines is 1. The highest BCUT2D eigenvalue weighted by Crippen LogP contribution is 2.46. The first-order chi connectivity index (χ1) is 28.0. The molecule has 1 unspecified atom stereocenters. The SMILES string of the molecule is [C-]#[N+]c1ccc2c3c([nH]c2c1)C(C)(C)c1cc(N2CCC(N4CCN(CCSc5cccc6c5C(=O)N(C5CCC(=O)NC5=O)C6=O)CC4)CC2)c(CC)cc1C3=O. The highest BCUT2D eigenvalue weighted by Gasteiger charge is 2.46. The number of fused-ring (bicyclic) bond motifs is 5.